The molecule has 1 aromatic heterocycles. The molecule has 0 unspecified atom stereocenters. The van der Waals surface area contributed by atoms with Gasteiger partial charge >= 0.3 is 0 Å². The van der Waals surface area contributed by atoms with E-state index in [0.717, 1.165) is 55.9 Å². The van der Waals surface area contributed by atoms with E-state index in [0.29, 0.717) is 10.5 Å². The van der Waals surface area contributed by atoms with Crippen LogP contribution >= 0.6 is 11.6 Å². The van der Waals surface area contributed by atoms with Gasteiger partial charge in [0.15, 0.2) is 0 Å². The lowest BCUT2D eigenvalue weighted by atomic mass is 10.2. The Kier molecular flexibility index (Phi) is 5.07. The van der Waals surface area contributed by atoms with Gasteiger partial charge < -0.3 is 9.80 Å². The molecule has 1 saturated heterocycles. The van der Waals surface area contributed by atoms with E-state index in [1.54, 1.807) is 18.3 Å². The third-order valence-corrected chi connectivity index (χ3v) is 7.17. The van der Waals surface area contributed by atoms with Crippen molar-refractivity contribution >= 4 is 38.2 Å². The van der Waals surface area contributed by atoms with Crippen molar-refractivity contribution < 1.29 is 12.8 Å². The molecule has 148 valence electrons. The number of likely N-dealkylation sites (N-methyl/N-ethyl adjacent to an activating group) is 1. The second-order valence-corrected chi connectivity index (χ2v) is 9.10. The van der Waals surface area contributed by atoms with Crippen LogP contribution in [-0.2, 0) is 10.0 Å². The van der Waals surface area contributed by atoms with Gasteiger partial charge in [-0.05, 0) is 49.0 Å². The van der Waals surface area contributed by atoms with Crippen LogP contribution in [-0.4, -0.2) is 50.0 Å². The van der Waals surface area contributed by atoms with Crippen LogP contribution in [0.25, 0.3) is 10.9 Å². The van der Waals surface area contributed by atoms with Crippen LogP contribution in [0, 0.1) is 5.82 Å². The van der Waals surface area contributed by atoms with Crippen LogP contribution in [0.15, 0.2) is 53.6 Å². The van der Waals surface area contributed by atoms with Gasteiger partial charge in [-0.1, -0.05) is 18.5 Å². The number of anilines is 1. The van der Waals surface area contributed by atoms with E-state index < -0.39 is 15.8 Å². The lowest BCUT2D eigenvalue weighted by Gasteiger charge is -2.35. The second-order valence-electron chi connectivity index (χ2n) is 6.85. The summed E-state index contributed by atoms with van der Waals surface area (Å²) in [6.07, 6.45) is 1.65. The molecule has 3 aromatic rings. The number of nitrogens with zero attached hydrogens (tertiary/aromatic N) is 3. The largest absolute Gasteiger partial charge is 0.367 e. The van der Waals surface area contributed by atoms with Crippen molar-refractivity contribution in [3.63, 3.8) is 0 Å². The molecule has 5 nitrogen and oxygen atoms in total. The predicted octanol–water partition coefficient (Wildman–Crippen LogP) is 3.81. The summed E-state index contributed by atoms with van der Waals surface area (Å²) in [6, 6.07) is 10.1. The molecule has 0 saturated carbocycles. The van der Waals surface area contributed by atoms with E-state index in [9.17, 15) is 12.8 Å². The molecule has 1 aliphatic heterocycles. The maximum atomic E-state index is 13.3. The van der Waals surface area contributed by atoms with Crippen LogP contribution in [0.4, 0.5) is 10.1 Å². The zero-order chi connectivity index (χ0) is 19.9. The third kappa shape index (κ3) is 3.38. The van der Waals surface area contributed by atoms with Gasteiger partial charge in [-0.25, -0.2) is 16.8 Å². The van der Waals surface area contributed by atoms with Crippen LogP contribution in [0.3, 0.4) is 0 Å². The van der Waals surface area contributed by atoms with Crippen molar-refractivity contribution in [3.05, 3.63) is 59.5 Å². The van der Waals surface area contributed by atoms with Crippen LogP contribution in [0.2, 0.25) is 5.02 Å². The summed E-state index contributed by atoms with van der Waals surface area (Å²) < 4.78 is 41.0. The van der Waals surface area contributed by atoms with Crippen molar-refractivity contribution in [1.29, 1.82) is 0 Å². The van der Waals surface area contributed by atoms with E-state index in [-0.39, 0.29) is 4.90 Å². The van der Waals surface area contributed by atoms with E-state index in [2.05, 4.69) is 16.7 Å². The first-order chi connectivity index (χ1) is 13.4. The molecule has 0 radical (unpaired) electrons. The average Bonchev–Trinajstić information content (AvgIpc) is 3.08. The summed E-state index contributed by atoms with van der Waals surface area (Å²) in [6.45, 7) is 6.66. The first-order valence-corrected chi connectivity index (χ1v) is 11.0. The maximum Gasteiger partial charge on any atom is 0.268 e. The number of piperazine rings is 1. The molecular weight excluding hydrogens is 401 g/mol. The van der Waals surface area contributed by atoms with Crippen LogP contribution in [0.1, 0.15) is 6.92 Å². The van der Waals surface area contributed by atoms with Gasteiger partial charge in [0, 0.05) is 42.8 Å². The lowest BCUT2D eigenvalue weighted by molar-refractivity contribution is 0.271. The maximum absolute atomic E-state index is 13.3. The van der Waals surface area contributed by atoms with E-state index >= 15 is 0 Å². The van der Waals surface area contributed by atoms with Gasteiger partial charge in [0.1, 0.15) is 5.82 Å². The Balaban J connectivity index is 1.83. The fraction of sp³-hybridized carbons (Fsp3) is 0.300. The number of halogens is 2. The first-order valence-electron chi connectivity index (χ1n) is 9.19. The monoisotopic (exact) mass is 421 g/mol. The van der Waals surface area contributed by atoms with Gasteiger partial charge in [-0.3, -0.25) is 0 Å². The molecule has 2 heterocycles. The number of rotatable bonds is 4. The second kappa shape index (κ2) is 7.39. The fourth-order valence-corrected chi connectivity index (χ4v) is 5.15. The van der Waals surface area contributed by atoms with Crippen molar-refractivity contribution in [2.75, 3.05) is 37.6 Å². The number of fused-ring (bicyclic) bond motifs is 1. The van der Waals surface area contributed by atoms with Gasteiger partial charge in [0.25, 0.3) is 10.0 Å². The summed E-state index contributed by atoms with van der Waals surface area (Å²) in [4.78, 5) is 4.61. The summed E-state index contributed by atoms with van der Waals surface area (Å²) in [5.74, 6) is -0.478. The molecule has 8 heteroatoms. The van der Waals surface area contributed by atoms with Gasteiger partial charge in [-0.15, -0.1) is 0 Å². The van der Waals surface area contributed by atoms with Gasteiger partial charge in [0.05, 0.1) is 16.1 Å². The zero-order valence-electron chi connectivity index (χ0n) is 15.5. The van der Waals surface area contributed by atoms with Crippen molar-refractivity contribution in [1.82, 2.24) is 8.87 Å². The molecule has 0 N–H and O–H groups in total. The fourth-order valence-electron chi connectivity index (χ4n) is 3.63. The standard InChI is InChI=1S/C20H21ClFN3O2S/c1-2-23-9-11-24(12-10-23)20-14-25(19-13-15(21)3-8-18(19)20)28(26,27)17-6-4-16(22)5-7-17/h3-8,13-14H,2,9-12H2,1H3. The normalized spacial score (nSPS) is 16.0. The smallest absolute Gasteiger partial charge is 0.268 e. The number of aromatic nitrogens is 1. The Bertz CT molecular complexity index is 1100. The highest BCUT2D eigenvalue weighted by atomic mass is 35.5. The molecule has 1 aliphatic rings. The number of hydrogen-bond donors (Lipinski definition) is 0. The van der Waals surface area contributed by atoms with Crippen molar-refractivity contribution in [2.24, 2.45) is 0 Å². The number of hydrogen-bond acceptors (Lipinski definition) is 4. The minimum atomic E-state index is -3.88. The Labute approximate surface area is 169 Å². The molecule has 2 aromatic carbocycles. The van der Waals surface area contributed by atoms with Crippen LogP contribution in [0.5, 0.6) is 0 Å². The Hall–Kier alpha value is -2.09. The Morgan fingerprint density at radius 2 is 1.71 bits per heavy atom. The summed E-state index contributed by atoms with van der Waals surface area (Å²) in [5, 5.41) is 1.29. The molecule has 0 bridgehead atoms. The topological polar surface area (TPSA) is 45.5 Å². The quantitative estimate of drug-likeness (QED) is 0.642. The number of benzene rings is 2. The predicted molar refractivity (Wildman–Crippen MR) is 110 cm³/mol. The summed E-state index contributed by atoms with van der Waals surface area (Å²) in [5.41, 5.74) is 1.39. The molecule has 28 heavy (non-hydrogen) atoms. The molecule has 0 spiro atoms. The minimum Gasteiger partial charge on any atom is -0.367 e. The molecule has 1 fully saturated rings. The molecular formula is C20H21ClFN3O2S. The Morgan fingerprint density at radius 1 is 1.04 bits per heavy atom. The molecule has 0 atom stereocenters. The summed E-state index contributed by atoms with van der Waals surface area (Å²) in [7, 11) is -3.88. The minimum absolute atomic E-state index is 0.0353. The molecule has 0 amide bonds. The first kappa shape index (κ1) is 19.2. The highest BCUT2D eigenvalue weighted by Crippen LogP contribution is 2.34. The SMILES string of the molecule is CCN1CCN(c2cn(S(=O)(=O)c3ccc(F)cc3)c3cc(Cl)ccc23)CC1. The highest BCUT2D eigenvalue weighted by Gasteiger charge is 2.25. The van der Waals surface area contributed by atoms with E-state index in [1.165, 1.54) is 16.1 Å². The lowest BCUT2D eigenvalue weighted by Crippen LogP contribution is -2.46. The van der Waals surface area contributed by atoms with Crippen molar-refractivity contribution in [2.45, 2.75) is 11.8 Å². The zero-order valence-corrected chi connectivity index (χ0v) is 17.0. The third-order valence-electron chi connectivity index (χ3n) is 5.24. The Morgan fingerprint density at radius 3 is 2.36 bits per heavy atom. The molecule has 0 aliphatic carbocycles. The van der Waals surface area contributed by atoms with E-state index in [1.807, 2.05) is 6.07 Å². The van der Waals surface area contributed by atoms with Crippen LogP contribution < -0.4 is 4.90 Å². The average molecular weight is 422 g/mol. The van der Waals surface area contributed by atoms with Gasteiger partial charge in [-0.2, -0.15) is 0 Å². The van der Waals surface area contributed by atoms with Gasteiger partial charge in [0.2, 0.25) is 0 Å². The molecule has 4 rings (SSSR count). The van der Waals surface area contributed by atoms with E-state index in [4.69, 9.17) is 11.6 Å². The van der Waals surface area contributed by atoms with Crippen molar-refractivity contribution in [3.8, 4) is 0 Å². The summed E-state index contributed by atoms with van der Waals surface area (Å²) >= 11 is 6.16. The highest BCUT2D eigenvalue weighted by molar-refractivity contribution is 7.90.